The summed E-state index contributed by atoms with van der Waals surface area (Å²) >= 11 is 0. The number of carbonyl (C=O) groups is 1. The van der Waals surface area contributed by atoms with Crippen molar-refractivity contribution < 1.29 is 4.79 Å². The summed E-state index contributed by atoms with van der Waals surface area (Å²) in [6.07, 6.45) is 0. The second kappa shape index (κ2) is 8.39. The van der Waals surface area contributed by atoms with Crippen LogP contribution < -0.4 is 16.2 Å². The summed E-state index contributed by atoms with van der Waals surface area (Å²) in [5, 5.41) is 6.00. The minimum Gasteiger partial charge on any atom is -0.376 e. The van der Waals surface area contributed by atoms with Crippen LogP contribution in [0.5, 0.6) is 0 Å². The van der Waals surface area contributed by atoms with Crippen molar-refractivity contribution in [2.75, 3.05) is 11.9 Å². The third-order valence-corrected chi connectivity index (χ3v) is 4.55. The highest BCUT2D eigenvalue weighted by atomic mass is 16.2. The lowest BCUT2D eigenvalue weighted by atomic mass is 10.1. The number of para-hydroxylation sites is 3. The standard InChI is InChI=1S/C23H20N4O2/c28-21(25-14-16-8-2-1-3-9-16)15-24-18-11-5-4-10-17(18)22-23(29)27-20-13-7-6-12-19(20)26-22/h1-13,24H,14-15H2,(H,25,28)(H,27,29). The number of nitrogens with one attached hydrogen (secondary N) is 3. The fourth-order valence-corrected chi connectivity index (χ4v) is 3.09. The van der Waals surface area contributed by atoms with E-state index < -0.39 is 0 Å². The van der Waals surface area contributed by atoms with Crippen molar-refractivity contribution in [3.63, 3.8) is 0 Å². The summed E-state index contributed by atoms with van der Waals surface area (Å²) < 4.78 is 0. The van der Waals surface area contributed by atoms with Gasteiger partial charge in [0.15, 0.2) is 0 Å². The van der Waals surface area contributed by atoms with E-state index in [1.807, 2.05) is 78.9 Å². The molecule has 0 saturated heterocycles. The van der Waals surface area contributed by atoms with Gasteiger partial charge in [-0.2, -0.15) is 0 Å². The summed E-state index contributed by atoms with van der Waals surface area (Å²) in [6, 6.07) is 24.4. The van der Waals surface area contributed by atoms with Crippen molar-refractivity contribution in [3.05, 3.63) is 94.8 Å². The van der Waals surface area contributed by atoms with Gasteiger partial charge in [0.25, 0.3) is 5.56 Å². The molecule has 0 fully saturated rings. The van der Waals surface area contributed by atoms with E-state index in [4.69, 9.17) is 0 Å². The SMILES string of the molecule is O=C(CNc1ccccc1-c1nc2ccccc2[nH]c1=O)NCc1ccccc1. The quantitative estimate of drug-likeness (QED) is 0.476. The van der Waals surface area contributed by atoms with Gasteiger partial charge in [-0.1, -0.05) is 60.7 Å². The Hall–Kier alpha value is -3.93. The van der Waals surface area contributed by atoms with Crippen LogP contribution in [-0.4, -0.2) is 22.4 Å². The van der Waals surface area contributed by atoms with Gasteiger partial charge in [-0.15, -0.1) is 0 Å². The topological polar surface area (TPSA) is 86.9 Å². The number of nitrogens with zero attached hydrogens (tertiary/aromatic N) is 1. The zero-order valence-electron chi connectivity index (χ0n) is 15.7. The summed E-state index contributed by atoms with van der Waals surface area (Å²) in [4.78, 5) is 32.2. The van der Waals surface area contributed by atoms with Crippen LogP contribution in [0.3, 0.4) is 0 Å². The summed E-state index contributed by atoms with van der Waals surface area (Å²) in [5.41, 5.74) is 3.80. The van der Waals surface area contributed by atoms with Gasteiger partial charge in [-0.05, 0) is 23.8 Å². The maximum Gasteiger partial charge on any atom is 0.275 e. The molecule has 4 aromatic rings. The molecule has 6 nitrogen and oxygen atoms in total. The molecule has 0 aliphatic heterocycles. The Balaban J connectivity index is 1.51. The van der Waals surface area contributed by atoms with E-state index in [2.05, 4.69) is 20.6 Å². The lowest BCUT2D eigenvalue weighted by molar-refractivity contribution is -0.119. The maximum absolute atomic E-state index is 12.6. The molecule has 0 unspecified atom stereocenters. The first kappa shape index (κ1) is 18.4. The number of hydrogen-bond donors (Lipinski definition) is 3. The van der Waals surface area contributed by atoms with Crippen molar-refractivity contribution in [2.45, 2.75) is 6.54 Å². The molecule has 3 N–H and O–H groups in total. The zero-order chi connectivity index (χ0) is 20.1. The number of aromatic amines is 1. The molecule has 0 aliphatic rings. The number of H-pyrrole nitrogens is 1. The molecule has 0 saturated carbocycles. The Morgan fingerprint density at radius 1 is 0.897 bits per heavy atom. The molecule has 1 amide bonds. The minimum atomic E-state index is -0.272. The van der Waals surface area contributed by atoms with Crippen LogP contribution in [-0.2, 0) is 11.3 Å². The third kappa shape index (κ3) is 4.32. The molecule has 144 valence electrons. The van der Waals surface area contributed by atoms with Gasteiger partial charge >= 0.3 is 0 Å². The fraction of sp³-hybridized carbons (Fsp3) is 0.0870. The van der Waals surface area contributed by atoms with Crippen LogP contribution >= 0.6 is 0 Å². The smallest absolute Gasteiger partial charge is 0.275 e. The lowest BCUT2D eigenvalue weighted by Gasteiger charge is -2.12. The van der Waals surface area contributed by atoms with E-state index in [1.54, 1.807) is 0 Å². The average molecular weight is 384 g/mol. The van der Waals surface area contributed by atoms with E-state index in [1.165, 1.54) is 0 Å². The summed E-state index contributed by atoms with van der Waals surface area (Å²) in [6.45, 7) is 0.560. The molecule has 0 atom stereocenters. The molecule has 29 heavy (non-hydrogen) atoms. The second-order valence-electron chi connectivity index (χ2n) is 6.59. The predicted octanol–water partition coefficient (Wildman–Crippen LogP) is 3.32. The molecule has 1 heterocycles. The van der Waals surface area contributed by atoms with Gasteiger partial charge in [0, 0.05) is 17.8 Å². The molecule has 0 bridgehead atoms. The van der Waals surface area contributed by atoms with Gasteiger partial charge in [0.1, 0.15) is 5.69 Å². The van der Waals surface area contributed by atoms with E-state index in [9.17, 15) is 9.59 Å². The minimum absolute atomic E-state index is 0.0926. The summed E-state index contributed by atoms with van der Waals surface area (Å²) in [7, 11) is 0. The molecule has 4 rings (SSSR count). The van der Waals surface area contributed by atoms with Crippen LogP contribution in [0.15, 0.2) is 83.7 Å². The Morgan fingerprint density at radius 2 is 1.62 bits per heavy atom. The van der Waals surface area contributed by atoms with E-state index in [0.717, 1.165) is 5.56 Å². The highest BCUT2D eigenvalue weighted by molar-refractivity contribution is 5.85. The van der Waals surface area contributed by atoms with Crippen LogP contribution in [0, 0.1) is 0 Å². The van der Waals surface area contributed by atoms with Gasteiger partial charge in [-0.3, -0.25) is 9.59 Å². The predicted molar refractivity (Wildman–Crippen MR) is 115 cm³/mol. The molecule has 1 aromatic heterocycles. The van der Waals surface area contributed by atoms with E-state index in [0.29, 0.717) is 34.5 Å². The third-order valence-electron chi connectivity index (χ3n) is 4.55. The molecule has 6 heteroatoms. The van der Waals surface area contributed by atoms with Crippen molar-refractivity contribution in [1.29, 1.82) is 0 Å². The van der Waals surface area contributed by atoms with E-state index in [-0.39, 0.29) is 18.0 Å². The largest absolute Gasteiger partial charge is 0.376 e. The van der Waals surface area contributed by atoms with Crippen molar-refractivity contribution in [2.24, 2.45) is 0 Å². The number of carbonyl (C=O) groups excluding carboxylic acids is 1. The lowest BCUT2D eigenvalue weighted by Crippen LogP contribution is -2.29. The van der Waals surface area contributed by atoms with Crippen LogP contribution in [0.4, 0.5) is 5.69 Å². The molecule has 0 radical (unpaired) electrons. The first-order valence-electron chi connectivity index (χ1n) is 9.34. The molecule has 0 aliphatic carbocycles. The molecular weight excluding hydrogens is 364 g/mol. The number of benzene rings is 3. The number of amides is 1. The van der Waals surface area contributed by atoms with Gasteiger partial charge in [0.05, 0.1) is 17.6 Å². The second-order valence-corrected chi connectivity index (χ2v) is 6.59. The normalized spacial score (nSPS) is 10.6. The first-order valence-corrected chi connectivity index (χ1v) is 9.34. The molecule has 3 aromatic carbocycles. The van der Waals surface area contributed by atoms with Crippen molar-refractivity contribution >= 4 is 22.6 Å². The Labute approximate surface area is 167 Å². The monoisotopic (exact) mass is 384 g/mol. The summed E-state index contributed by atoms with van der Waals surface area (Å²) in [5.74, 6) is -0.135. The Kier molecular flexibility index (Phi) is 5.33. The van der Waals surface area contributed by atoms with Gasteiger partial charge in [-0.25, -0.2) is 4.98 Å². The highest BCUT2D eigenvalue weighted by Gasteiger charge is 2.12. The number of rotatable bonds is 6. The van der Waals surface area contributed by atoms with Crippen LogP contribution in [0.2, 0.25) is 0 Å². The van der Waals surface area contributed by atoms with Gasteiger partial charge < -0.3 is 15.6 Å². The number of fused-ring (bicyclic) bond motifs is 1. The van der Waals surface area contributed by atoms with Crippen molar-refractivity contribution in [1.82, 2.24) is 15.3 Å². The number of hydrogen-bond acceptors (Lipinski definition) is 4. The van der Waals surface area contributed by atoms with Crippen LogP contribution in [0.1, 0.15) is 5.56 Å². The number of anilines is 1. The fourth-order valence-electron chi connectivity index (χ4n) is 3.09. The molecular formula is C23H20N4O2. The molecule has 0 spiro atoms. The average Bonchev–Trinajstić information content (AvgIpc) is 2.77. The Bertz CT molecular complexity index is 1200. The van der Waals surface area contributed by atoms with Crippen LogP contribution in [0.25, 0.3) is 22.3 Å². The maximum atomic E-state index is 12.6. The van der Waals surface area contributed by atoms with Crippen molar-refractivity contribution in [3.8, 4) is 11.3 Å². The highest BCUT2D eigenvalue weighted by Crippen LogP contribution is 2.24. The Morgan fingerprint density at radius 3 is 2.48 bits per heavy atom. The van der Waals surface area contributed by atoms with E-state index >= 15 is 0 Å². The first-order chi connectivity index (χ1) is 14.2. The zero-order valence-corrected chi connectivity index (χ0v) is 15.7. The van der Waals surface area contributed by atoms with Gasteiger partial charge in [0.2, 0.25) is 5.91 Å². The number of aromatic nitrogens is 2.